The van der Waals surface area contributed by atoms with Gasteiger partial charge in [-0.2, -0.15) is 0 Å². The van der Waals surface area contributed by atoms with Crippen molar-refractivity contribution in [2.45, 2.75) is 6.54 Å². The first kappa shape index (κ1) is 11.6. The third kappa shape index (κ3) is 3.65. The highest BCUT2D eigenvalue weighted by Crippen LogP contribution is 2.16. The molecule has 0 aliphatic rings. The second-order valence-electron chi connectivity index (χ2n) is 3.17. The fourth-order valence-corrected chi connectivity index (χ4v) is 1.27. The van der Waals surface area contributed by atoms with Gasteiger partial charge in [-0.3, -0.25) is 10.1 Å². The van der Waals surface area contributed by atoms with Gasteiger partial charge in [-0.25, -0.2) is 0 Å². The van der Waals surface area contributed by atoms with E-state index in [-0.39, 0.29) is 10.6 Å². The monoisotopic (exact) mass is 209 g/mol. The molecule has 5 heteroatoms. The third-order valence-corrected chi connectivity index (χ3v) is 2.06. The second-order valence-corrected chi connectivity index (χ2v) is 3.17. The van der Waals surface area contributed by atoms with Crippen LogP contribution in [0.2, 0.25) is 0 Å². The summed E-state index contributed by atoms with van der Waals surface area (Å²) in [6.07, 6.45) is 0. The molecule has 0 amide bonds. The van der Waals surface area contributed by atoms with Crippen LogP contribution in [0.25, 0.3) is 0 Å². The molecule has 0 spiro atoms. The van der Waals surface area contributed by atoms with E-state index in [1.807, 2.05) is 13.1 Å². The van der Waals surface area contributed by atoms with E-state index in [1.165, 1.54) is 6.07 Å². The zero-order chi connectivity index (χ0) is 11.1. The third-order valence-electron chi connectivity index (χ3n) is 2.06. The van der Waals surface area contributed by atoms with Crippen molar-refractivity contribution in [3.63, 3.8) is 0 Å². The van der Waals surface area contributed by atoms with Crippen molar-refractivity contribution in [2.24, 2.45) is 0 Å². The van der Waals surface area contributed by atoms with Crippen LogP contribution in [0.1, 0.15) is 5.56 Å². The van der Waals surface area contributed by atoms with Gasteiger partial charge in [-0.1, -0.05) is 18.2 Å². The number of rotatable bonds is 6. The Morgan fingerprint density at radius 1 is 1.33 bits per heavy atom. The van der Waals surface area contributed by atoms with E-state index in [0.717, 1.165) is 18.7 Å². The van der Waals surface area contributed by atoms with Crippen LogP contribution in [0.4, 0.5) is 5.69 Å². The van der Waals surface area contributed by atoms with Crippen molar-refractivity contribution in [1.82, 2.24) is 10.6 Å². The summed E-state index contributed by atoms with van der Waals surface area (Å²) < 4.78 is 0. The van der Waals surface area contributed by atoms with Gasteiger partial charge in [0.2, 0.25) is 0 Å². The van der Waals surface area contributed by atoms with E-state index >= 15 is 0 Å². The predicted octanol–water partition coefficient (Wildman–Crippen LogP) is 0.904. The highest BCUT2D eigenvalue weighted by Gasteiger charge is 2.10. The molecule has 15 heavy (non-hydrogen) atoms. The first-order valence-electron chi connectivity index (χ1n) is 4.83. The molecule has 0 unspecified atom stereocenters. The summed E-state index contributed by atoms with van der Waals surface area (Å²) in [6.45, 7) is 2.17. The van der Waals surface area contributed by atoms with Crippen LogP contribution < -0.4 is 10.6 Å². The number of likely N-dealkylation sites (N-methyl/N-ethyl adjacent to an activating group) is 1. The minimum absolute atomic E-state index is 0.175. The van der Waals surface area contributed by atoms with Gasteiger partial charge in [-0.15, -0.1) is 0 Å². The van der Waals surface area contributed by atoms with Crippen molar-refractivity contribution in [3.05, 3.63) is 39.9 Å². The molecule has 5 nitrogen and oxygen atoms in total. The van der Waals surface area contributed by atoms with Gasteiger partial charge in [0, 0.05) is 31.3 Å². The molecular weight excluding hydrogens is 194 g/mol. The highest BCUT2D eigenvalue weighted by atomic mass is 16.6. The fourth-order valence-electron chi connectivity index (χ4n) is 1.27. The summed E-state index contributed by atoms with van der Waals surface area (Å²) in [6, 6.07) is 6.77. The van der Waals surface area contributed by atoms with Gasteiger partial charge in [0.1, 0.15) is 0 Å². The Labute approximate surface area is 88.6 Å². The lowest BCUT2D eigenvalue weighted by Gasteiger charge is -2.04. The minimum atomic E-state index is -0.352. The summed E-state index contributed by atoms with van der Waals surface area (Å²) in [5.41, 5.74) is 0.896. The molecule has 82 valence electrons. The molecule has 0 aliphatic carbocycles. The maximum Gasteiger partial charge on any atom is 0.273 e. The van der Waals surface area contributed by atoms with Crippen LogP contribution in [-0.4, -0.2) is 25.1 Å². The van der Waals surface area contributed by atoms with Crippen LogP contribution in [0.5, 0.6) is 0 Å². The molecular formula is C10H15N3O2. The first-order valence-corrected chi connectivity index (χ1v) is 4.83. The average Bonchev–Trinajstić information content (AvgIpc) is 2.25. The van der Waals surface area contributed by atoms with Crippen molar-refractivity contribution in [2.75, 3.05) is 20.1 Å². The normalized spacial score (nSPS) is 10.2. The van der Waals surface area contributed by atoms with Gasteiger partial charge < -0.3 is 10.6 Å². The zero-order valence-electron chi connectivity index (χ0n) is 8.69. The molecule has 0 aromatic heterocycles. The molecule has 0 saturated heterocycles. The largest absolute Gasteiger partial charge is 0.318 e. The molecule has 2 N–H and O–H groups in total. The lowest BCUT2D eigenvalue weighted by molar-refractivity contribution is -0.385. The molecule has 1 rings (SSSR count). The van der Waals surface area contributed by atoms with E-state index in [9.17, 15) is 10.1 Å². The maximum absolute atomic E-state index is 10.7. The smallest absolute Gasteiger partial charge is 0.273 e. The Kier molecular flexibility index (Phi) is 4.73. The van der Waals surface area contributed by atoms with E-state index in [4.69, 9.17) is 0 Å². The van der Waals surface area contributed by atoms with Crippen LogP contribution >= 0.6 is 0 Å². The molecule has 0 bridgehead atoms. The second kappa shape index (κ2) is 6.10. The molecule has 0 heterocycles. The van der Waals surface area contributed by atoms with Gasteiger partial charge in [0.05, 0.1) is 4.92 Å². The van der Waals surface area contributed by atoms with E-state index in [0.29, 0.717) is 6.54 Å². The number of benzene rings is 1. The summed E-state index contributed by atoms with van der Waals surface area (Å²) in [5.74, 6) is 0. The number of nitrogens with one attached hydrogen (secondary N) is 2. The van der Waals surface area contributed by atoms with Gasteiger partial charge in [0.25, 0.3) is 5.69 Å². The summed E-state index contributed by atoms with van der Waals surface area (Å²) in [7, 11) is 1.87. The van der Waals surface area contributed by atoms with Gasteiger partial charge in [-0.05, 0) is 7.05 Å². The number of nitrogens with zero attached hydrogens (tertiary/aromatic N) is 1. The number of hydrogen-bond acceptors (Lipinski definition) is 4. The fraction of sp³-hybridized carbons (Fsp3) is 0.400. The van der Waals surface area contributed by atoms with Crippen LogP contribution in [0.15, 0.2) is 24.3 Å². The molecule has 0 radical (unpaired) electrons. The Morgan fingerprint density at radius 2 is 2.07 bits per heavy atom. The van der Waals surface area contributed by atoms with E-state index in [1.54, 1.807) is 12.1 Å². The zero-order valence-corrected chi connectivity index (χ0v) is 8.69. The number of nitro groups is 1. The van der Waals surface area contributed by atoms with E-state index in [2.05, 4.69) is 10.6 Å². The molecule has 0 atom stereocenters. The van der Waals surface area contributed by atoms with Gasteiger partial charge in [0.15, 0.2) is 0 Å². The first-order chi connectivity index (χ1) is 7.25. The van der Waals surface area contributed by atoms with Crippen molar-refractivity contribution in [3.8, 4) is 0 Å². The Morgan fingerprint density at radius 3 is 2.73 bits per heavy atom. The average molecular weight is 209 g/mol. The summed E-state index contributed by atoms with van der Waals surface area (Å²) in [4.78, 5) is 10.3. The van der Waals surface area contributed by atoms with Crippen molar-refractivity contribution in [1.29, 1.82) is 0 Å². The SMILES string of the molecule is CNCCNCc1ccccc1[N+](=O)[O-]. The lowest BCUT2D eigenvalue weighted by Crippen LogP contribution is -2.24. The van der Waals surface area contributed by atoms with Crippen LogP contribution in [0.3, 0.4) is 0 Å². The Balaban J connectivity index is 2.56. The summed E-state index contributed by atoms with van der Waals surface area (Å²) in [5, 5.41) is 16.8. The van der Waals surface area contributed by atoms with Gasteiger partial charge >= 0.3 is 0 Å². The van der Waals surface area contributed by atoms with Crippen molar-refractivity contribution < 1.29 is 4.92 Å². The maximum atomic E-state index is 10.7. The van der Waals surface area contributed by atoms with Crippen LogP contribution in [0, 0.1) is 10.1 Å². The minimum Gasteiger partial charge on any atom is -0.318 e. The van der Waals surface area contributed by atoms with E-state index < -0.39 is 0 Å². The molecule has 1 aromatic rings. The standard InChI is InChI=1S/C10H15N3O2/c1-11-6-7-12-8-9-4-2-3-5-10(9)13(14)15/h2-5,11-12H,6-8H2,1H3. The lowest BCUT2D eigenvalue weighted by atomic mass is 10.2. The highest BCUT2D eigenvalue weighted by molar-refractivity contribution is 5.39. The Hall–Kier alpha value is -1.46. The van der Waals surface area contributed by atoms with Crippen LogP contribution in [-0.2, 0) is 6.54 Å². The summed E-state index contributed by atoms with van der Waals surface area (Å²) >= 11 is 0. The molecule has 1 aromatic carbocycles. The predicted molar refractivity (Wildman–Crippen MR) is 58.7 cm³/mol. The Bertz CT molecular complexity index is 328. The number of para-hydroxylation sites is 1. The number of nitro benzene ring substituents is 1. The quantitative estimate of drug-likeness (QED) is 0.415. The molecule has 0 fully saturated rings. The van der Waals surface area contributed by atoms with Crippen molar-refractivity contribution >= 4 is 5.69 Å². The topological polar surface area (TPSA) is 67.2 Å². The number of hydrogen-bond donors (Lipinski definition) is 2. The molecule has 0 aliphatic heterocycles. The molecule has 0 saturated carbocycles.